The summed E-state index contributed by atoms with van der Waals surface area (Å²) in [5.74, 6) is 1.24. The smallest absolute Gasteiger partial charge is 0.220 e. The van der Waals surface area contributed by atoms with Crippen LogP contribution in [0.15, 0.2) is 6.33 Å². The largest absolute Gasteiger partial charge is 0.481 e. The molecule has 14 heavy (non-hydrogen) atoms. The molecule has 0 radical (unpaired) electrons. The Labute approximate surface area is 83.7 Å². The number of ether oxygens (including phenoxy) is 1. The summed E-state index contributed by atoms with van der Waals surface area (Å²) < 4.78 is 5.19. The Balaban J connectivity index is 2.41. The van der Waals surface area contributed by atoms with E-state index in [2.05, 4.69) is 29.1 Å². The molecule has 0 saturated heterocycles. The lowest BCUT2D eigenvalue weighted by Crippen LogP contribution is -2.18. The van der Waals surface area contributed by atoms with E-state index in [4.69, 9.17) is 4.74 Å². The molecule has 0 fully saturated rings. The first-order valence-electron chi connectivity index (χ1n) is 4.85. The average molecular weight is 193 g/mol. The number of methoxy groups -OCH3 is 1. The highest BCUT2D eigenvalue weighted by Gasteiger charge is 2.28. The molecule has 1 atom stereocenters. The van der Waals surface area contributed by atoms with Crippen molar-refractivity contribution >= 4 is 0 Å². The SMILES string of the molecule is COc1ncnc2c1CNC2C(C)C. The monoisotopic (exact) mass is 193 g/mol. The molecule has 0 bridgehead atoms. The van der Waals surface area contributed by atoms with Crippen LogP contribution in [0.25, 0.3) is 0 Å². The van der Waals surface area contributed by atoms with Crippen LogP contribution in [0.4, 0.5) is 0 Å². The van der Waals surface area contributed by atoms with E-state index in [1.165, 1.54) is 0 Å². The van der Waals surface area contributed by atoms with Gasteiger partial charge in [0, 0.05) is 6.54 Å². The second kappa shape index (κ2) is 3.53. The van der Waals surface area contributed by atoms with Crippen molar-refractivity contribution in [3.63, 3.8) is 0 Å². The Bertz CT molecular complexity index is 338. The number of rotatable bonds is 2. The van der Waals surface area contributed by atoms with E-state index < -0.39 is 0 Å². The van der Waals surface area contributed by atoms with Crippen LogP contribution >= 0.6 is 0 Å². The van der Waals surface area contributed by atoms with Crippen molar-refractivity contribution in [2.45, 2.75) is 26.4 Å². The molecule has 4 heteroatoms. The molecule has 76 valence electrons. The van der Waals surface area contributed by atoms with Gasteiger partial charge in [-0.1, -0.05) is 13.8 Å². The van der Waals surface area contributed by atoms with Gasteiger partial charge in [-0.15, -0.1) is 0 Å². The Morgan fingerprint density at radius 3 is 2.93 bits per heavy atom. The maximum absolute atomic E-state index is 5.19. The van der Waals surface area contributed by atoms with E-state index in [9.17, 15) is 0 Å². The summed E-state index contributed by atoms with van der Waals surface area (Å²) in [5, 5.41) is 3.41. The molecule has 0 saturated carbocycles. The number of nitrogens with one attached hydrogen (secondary N) is 1. The van der Waals surface area contributed by atoms with Crippen molar-refractivity contribution in [1.82, 2.24) is 15.3 Å². The maximum atomic E-state index is 5.19. The predicted molar refractivity (Wildman–Crippen MR) is 53.0 cm³/mol. The van der Waals surface area contributed by atoms with Gasteiger partial charge in [-0.2, -0.15) is 0 Å². The summed E-state index contributed by atoms with van der Waals surface area (Å²) in [6.45, 7) is 5.17. The number of hydrogen-bond acceptors (Lipinski definition) is 4. The van der Waals surface area contributed by atoms with Crippen LogP contribution in [0.5, 0.6) is 5.88 Å². The first-order chi connectivity index (χ1) is 6.74. The lowest BCUT2D eigenvalue weighted by atomic mass is 10.0. The third kappa shape index (κ3) is 1.35. The van der Waals surface area contributed by atoms with Crippen molar-refractivity contribution in [2.24, 2.45) is 5.92 Å². The minimum Gasteiger partial charge on any atom is -0.481 e. The Morgan fingerprint density at radius 2 is 2.29 bits per heavy atom. The zero-order valence-corrected chi connectivity index (χ0v) is 8.74. The fourth-order valence-corrected chi connectivity index (χ4v) is 1.88. The third-order valence-electron chi connectivity index (χ3n) is 2.59. The summed E-state index contributed by atoms with van der Waals surface area (Å²) in [6.07, 6.45) is 1.57. The maximum Gasteiger partial charge on any atom is 0.220 e. The van der Waals surface area contributed by atoms with Gasteiger partial charge in [0.25, 0.3) is 0 Å². The number of aromatic nitrogens is 2. The van der Waals surface area contributed by atoms with E-state index in [-0.39, 0.29) is 0 Å². The molecular formula is C10H15N3O. The summed E-state index contributed by atoms with van der Waals surface area (Å²) in [6, 6.07) is 0.335. The summed E-state index contributed by atoms with van der Waals surface area (Å²) in [7, 11) is 1.64. The molecular weight excluding hydrogens is 178 g/mol. The Kier molecular flexibility index (Phi) is 2.37. The zero-order chi connectivity index (χ0) is 10.1. The normalized spacial score (nSPS) is 19.9. The highest BCUT2D eigenvalue weighted by Crippen LogP contribution is 2.32. The van der Waals surface area contributed by atoms with E-state index in [1.54, 1.807) is 13.4 Å². The van der Waals surface area contributed by atoms with Crippen LogP contribution in [0.1, 0.15) is 31.1 Å². The van der Waals surface area contributed by atoms with Crippen LogP contribution < -0.4 is 10.1 Å². The van der Waals surface area contributed by atoms with Crippen molar-refractivity contribution in [3.05, 3.63) is 17.6 Å². The molecule has 2 rings (SSSR count). The van der Waals surface area contributed by atoms with Crippen molar-refractivity contribution in [1.29, 1.82) is 0 Å². The molecule has 1 unspecified atom stereocenters. The van der Waals surface area contributed by atoms with Crippen molar-refractivity contribution in [2.75, 3.05) is 7.11 Å². The standard InChI is InChI=1S/C10H15N3O/c1-6(2)8-9-7(4-11-8)10(14-3)13-5-12-9/h5-6,8,11H,4H2,1-3H3. The lowest BCUT2D eigenvalue weighted by Gasteiger charge is -2.14. The molecule has 1 aliphatic rings. The van der Waals surface area contributed by atoms with Gasteiger partial charge in [-0.3, -0.25) is 0 Å². The van der Waals surface area contributed by atoms with Gasteiger partial charge in [0.05, 0.1) is 24.4 Å². The Morgan fingerprint density at radius 1 is 1.50 bits per heavy atom. The minimum absolute atomic E-state index is 0.335. The van der Waals surface area contributed by atoms with E-state index >= 15 is 0 Å². The first kappa shape index (κ1) is 9.40. The predicted octanol–water partition coefficient (Wildman–Crippen LogP) is 1.29. The van der Waals surface area contributed by atoms with Crippen LogP contribution in [0, 0.1) is 5.92 Å². The van der Waals surface area contributed by atoms with Gasteiger partial charge in [-0.05, 0) is 5.92 Å². The Hall–Kier alpha value is -1.16. The second-order valence-electron chi connectivity index (χ2n) is 3.85. The van der Waals surface area contributed by atoms with Crippen LogP contribution in [0.2, 0.25) is 0 Å². The van der Waals surface area contributed by atoms with Gasteiger partial charge in [0.1, 0.15) is 6.33 Å². The first-order valence-corrected chi connectivity index (χ1v) is 4.85. The van der Waals surface area contributed by atoms with Gasteiger partial charge in [0.15, 0.2) is 0 Å². The fourth-order valence-electron chi connectivity index (χ4n) is 1.88. The molecule has 0 aliphatic carbocycles. The van der Waals surface area contributed by atoms with Crippen molar-refractivity contribution in [3.8, 4) is 5.88 Å². The van der Waals surface area contributed by atoms with E-state index in [0.717, 1.165) is 17.8 Å². The van der Waals surface area contributed by atoms with E-state index in [1.807, 2.05) is 0 Å². The van der Waals surface area contributed by atoms with Gasteiger partial charge in [-0.25, -0.2) is 9.97 Å². The quantitative estimate of drug-likeness (QED) is 0.768. The summed E-state index contributed by atoms with van der Waals surface area (Å²) >= 11 is 0. The molecule has 0 aromatic carbocycles. The second-order valence-corrected chi connectivity index (χ2v) is 3.85. The molecule has 1 aliphatic heterocycles. The number of nitrogens with zero attached hydrogens (tertiary/aromatic N) is 2. The van der Waals surface area contributed by atoms with Crippen LogP contribution in [-0.4, -0.2) is 17.1 Å². The average Bonchev–Trinajstić information content (AvgIpc) is 2.60. The molecule has 1 aromatic heterocycles. The topological polar surface area (TPSA) is 47.0 Å². The molecule has 1 N–H and O–H groups in total. The van der Waals surface area contributed by atoms with Gasteiger partial charge in [0.2, 0.25) is 5.88 Å². The molecule has 4 nitrogen and oxygen atoms in total. The molecule has 1 aromatic rings. The van der Waals surface area contributed by atoms with Gasteiger partial charge < -0.3 is 10.1 Å². The third-order valence-corrected chi connectivity index (χ3v) is 2.59. The fraction of sp³-hybridized carbons (Fsp3) is 0.600. The van der Waals surface area contributed by atoms with Crippen molar-refractivity contribution < 1.29 is 4.74 Å². The molecule has 0 spiro atoms. The highest BCUT2D eigenvalue weighted by atomic mass is 16.5. The highest BCUT2D eigenvalue weighted by molar-refractivity contribution is 5.35. The lowest BCUT2D eigenvalue weighted by molar-refractivity contribution is 0.391. The molecule has 0 amide bonds. The van der Waals surface area contributed by atoms with Crippen LogP contribution in [0.3, 0.4) is 0 Å². The summed E-state index contributed by atoms with van der Waals surface area (Å²) in [5.41, 5.74) is 2.19. The van der Waals surface area contributed by atoms with Gasteiger partial charge >= 0.3 is 0 Å². The summed E-state index contributed by atoms with van der Waals surface area (Å²) in [4.78, 5) is 8.41. The number of fused-ring (bicyclic) bond motifs is 1. The zero-order valence-electron chi connectivity index (χ0n) is 8.74. The van der Waals surface area contributed by atoms with Crippen LogP contribution in [-0.2, 0) is 6.54 Å². The molecule has 2 heterocycles. The number of hydrogen-bond donors (Lipinski definition) is 1. The minimum atomic E-state index is 0.335. The van der Waals surface area contributed by atoms with E-state index in [0.29, 0.717) is 17.8 Å².